The number of nitrogens with one attached hydrogen (secondary N) is 1. The molecule has 1 saturated heterocycles. The van der Waals surface area contributed by atoms with Gasteiger partial charge in [-0.3, -0.25) is 9.69 Å². The van der Waals surface area contributed by atoms with Gasteiger partial charge in [0.2, 0.25) is 5.91 Å². The van der Waals surface area contributed by atoms with E-state index in [0.29, 0.717) is 11.6 Å². The van der Waals surface area contributed by atoms with Crippen LogP contribution in [0, 0.1) is 0 Å². The van der Waals surface area contributed by atoms with Gasteiger partial charge in [-0.2, -0.15) is 0 Å². The Hall–Kier alpha value is -1.39. The molecule has 0 bridgehead atoms. The molecule has 1 aliphatic rings. The van der Waals surface area contributed by atoms with Gasteiger partial charge in [0.1, 0.15) is 0 Å². The Balaban J connectivity index is 2.07. The minimum Gasteiger partial charge on any atom is -0.366 e. The lowest BCUT2D eigenvalue weighted by molar-refractivity contribution is 0.1000. The predicted octanol–water partition coefficient (Wildman–Crippen LogP) is 0.579. The molecule has 1 aliphatic heterocycles. The molecule has 2 rings (SSSR count). The largest absolute Gasteiger partial charge is 0.366 e. The van der Waals surface area contributed by atoms with Gasteiger partial charge in [0.05, 0.1) is 0 Å². The first-order valence-corrected chi connectivity index (χ1v) is 6.00. The molecule has 0 aliphatic carbocycles. The summed E-state index contributed by atoms with van der Waals surface area (Å²) >= 11 is 0. The van der Waals surface area contributed by atoms with E-state index in [0.717, 1.165) is 31.7 Å². The molecule has 1 aromatic carbocycles. The summed E-state index contributed by atoms with van der Waals surface area (Å²) in [6.45, 7) is 6.19. The van der Waals surface area contributed by atoms with Gasteiger partial charge in [-0.15, -0.1) is 0 Å². The maximum Gasteiger partial charge on any atom is 0.248 e. The van der Waals surface area contributed by atoms with Crippen LogP contribution in [0.5, 0.6) is 0 Å². The Morgan fingerprint density at radius 3 is 3.12 bits per heavy atom. The number of carbonyl (C=O) groups is 1. The molecule has 1 amide bonds. The van der Waals surface area contributed by atoms with Crippen molar-refractivity contribution in [2.45, 2.75) is 19.5 Å². The number of nitrogens with zero attached hydrogens (tertiary/aromatic N) is 1. The minimum absolute atomic E-state index is 0.361. The molecule has 0 spiro atoms. The summed E-state index contributed by atoms with van der Waals surface area (Å²) in [4.78, 5) is 13.5. The number of primary amides is 1. The first-order valence-electron chi connectivity index (χ1n) is 6.00. The first-order chi connectivity index (χ1) is 8.16. The van der Waals surface area contributed by atoms with E-state index in [9.17, 15) is 4.79 Å². The molecule has 1 atom stereocenters. The highest BCUT2D eigenvalue weighted by molar-refractivity contribution is 5.92. The third-order valence-corrected chi connectivity index (χ3v) is 3.24. The summed E-state index contributed by atoms with van der Waals surface area (Å²) < 4.78 is 0. The van der Waals surface area contributed by atoms with E-state index in [-0.39, 0.29) is 5.91 Å². The number of hydrogen-bond acceptors (Lipinski definition) is 3. The fraction of sp³-hybridized carbons (Fsp3) is 0.462. The van der Waals surface area contributed by atoms with Crippen molar-refractivity contribution in [1.82, 2.24) is 10.2 Å². The molecule has 0 aromatic heterocycles. The third kappa shape index (κ3) is 3.05. The fourth-order valence-corrected chi connectivity index (χ4v) is 2.18. The van der Waals surface area contributed by atoms with Crippen LogP contribution in [0.3, 0.4) is 0 Å². The topological polar surface area (TPSA) is 58.4 Å². The lowest BCUT2D eigenvalue weighted by Gasteiger charge is -2.33. The van der Waals surface area contributed by atoms with Crippen LogP contribution in [0.15, 0.2) is 24.3 Å². The molecule has 0 saturated carbocycles. The number of nitrogens with two attached hydrogens (primary N) is 1. The molecule has 1 fully saturated rings. The summed E-state index contributed by atoms with van der Waals surface area (Å²) in [5.41, 5.74) is 7.02. The maximum absolute atomic E-state index is 11.1. The van der Waals surface area contributed by atoms with Crippen molar-refractivity contribution in [3.05, 3.63) is 35.4 Å². The zero-order chi connectivity index (χ0) is 12.3. The van der Waals surface area contributed by atoms with Crippen LogP contribution in [0.2, 0.25) is 0 Å². The van der Waals surface area contributed by atoms with Gasteiger partial charge in [0.15, 0.2) is 0 Å². The molecule has 1 aromatic rings. The normalized spacial score (nSPS) is 21.4. The average molecular weight is 233 g/mol. The highest BCUT2D eigenvalue weighted by Gasteiger charge is 2.17. The van der Waals surface area contributed by atoms with Gasteiger partial charge in [0, 0.05) is 37.8 Å². The number of hydrogen-bond donors (Lipinski definition) is 2. The summed E-state index contributed by atoms with van der Waals surface area (Å²) in [5, 5.41) is 3.36. The monoisotopic (exact) mass is 233 g/mol. The molecule has 92 valence electrons. The highest BCUT2D eigenvalue weighted by atomic mass is 16.1. The number of carbonyl (C=O) groups excluding carboxylic acids is 1. The second-order valence-electron chi connectivity index (χ2n) is 4.59. The van der Waals surface area contributed by atoms with Gasteiger partial charge in [-0.1, -0.05) is 12.1 Å². The Bertz CT molecular complexity index is 405. The summed E-state index contributed by atoms with van der Waals surface area (Å²) in [6.07, 6.45) is 0. The van der Waals surface area contributed by atoms with Gasteiger partial charge in [-0.25, -0.2) is 0 Å². The molecular weight excluding hydrogens is 214 g/mol. The van der Waals surface area contributed by atoms with E-state index in [1.165, 1.54) is 0 Å². The van der Waals surface area contributed by atoms with Crippen molar-refractivity contribution < 1.29 is 4.79 Å². The van der Waals surface area contributed by atoms with Crippen LogP contribution in [0.1, 0.15) is 22.8 Å². The Kier molecular flexibility index (Phi) is 3.76. The van der Waals surface area contributed by atoms with E-state index in [2.05, 4.69) is 17.1 Å². The molecule has 4 nitrogen and oxygen atoms in total. The van der Waals surface area contributed by atoms with Gasteiger partial charge in [0.25, 0.3) is 0 Å². The van der Waals surface area contributed by atoms with E-state index >= 15 is 0 Å². The lowest BCUT2D eigenvalue weighted by atomic mass is 10.1. The number of rotatable bonds is 3. The number of amides is 1. The van der Waals surface area contributed by atoms with E-state index in [1.54, 1.807) is 6.07 Å². The quantitative estimate of drug-likeness (QED) is 0.803. The molecule has 4 heteroatoms. The van der Waals surface area contributed by atoms with E-state index in [4.69, 9.17) is 5.73 Å². The Labute approximate surface area is 102 Å². The van der Waals surface area contributed by atoms with E-state index < -0.39 is 0 Å². The minimum atomic E-state index is -0.361. The number of benzene rings is 1. The van der Waals surface area contributed by atoms with Crippen molar-refractivity contribution in [1.29, 1.82) is 0 Å². The second-order valence-corrected chi connectivity index (χ2v) is 4.59. The standard InChI is InChI=1S/C13H19N3O/c1-10-8-15-5-6-16(10)9-11-3-2-4-12(7-11)13(14)17/h2-4,7,10,15H,5-6,8-9H2,1H3,(H2,14,17)/t10-/m1/s1. The zero-order valence-corrected chi connectivity index (χ0v) is 10.1. The third-order valence-electron chi connectivity index (χ3n) is 3.24. The van der Waals surface area contributed by atoms with Crippen LogP contribution >= 0.6 is 0 Å². The van der Waals surface area contributed by atoms with Crippen molar-refractivity contribution >= 4 is 5.91 Å². The van der Waals surface area contributed by atoms with Crippen LogP contribution in [-0.2, 0) is 6.54 Å². The highest BCUT2D eigenvalue weighted by Crippen LogP contribution is 2.11. The van der Waals surface area contributed by atoms with Crippen LogP contribution in [-0.4, -0.2) is 36.5 Å². The SMILES string of the molecule is C[C@@H]1CNCCN1Cc1cccc(C(N)=O)c1. The molecule has 17 heavy (non-hydrogen) atoms. The van der Waals surface area contributed by atoms with E-state index in [1.807, 2.05) is 18.2 Å². The summed E-state index contributed by atoms with van der Waals surface area (Å²) in [7, 11) is 0. The first kappa shape index (κ1) is 12.1. The van der Waals surface area contributed by atoms with Gasteiger partial charge >= 0.3 is 0 Å². The van der Waals surface area contributed by atoms with Crippen LogP contribution in [0.4, 0.5) is 0 Å². The maximum atomic E-state index is 11.1. The molecular formula is C13H19N3O. The molecule has 0 unspecified atom stereocenters. The summed E-state index contributed by atoms with van der Waals surface area (Å²) in [5.74, 6) is -0.361. The number of piperazine rings is 1. The van der Waals surface area contributed by atoms with Crippen molar-refractivity contribution in [2.75, 3.05) is 19.6 Å². The van der Waals surface area contributed by atoms with Crippen LogP contribution < -0.4 is 11.1 Å². The van der Waals surface area contributed by atoms with Gasteiger partial charge < -0.3 is 11.1 Å². The molecule has 3 N–H and O–H groups in total. The predicted molar refractivity (Wildman–Crippen MR) is 67.7 cm³/mol. The Morgan fingerprint density at radius 2 is 2.41 bits per heavy atom. The van der Waals surface area contributed by atoms with Gasteiger partial charge in [-0.05, 0) is 24.6 Å². The average Bonchev–Trinajstić information content (AvgIpc) is 2.32. The Morgan fingerprint density at radius 1 is 1.59 bits per heavy atom. The smallest absolute Gasteiger partial charge is 0.248 e. The second kappa shape index (κ2) is 5.29. The lowest BCUT2D eigenvalue weighted by Crippen LogP contribution is -2.49. The fourth-order valence-electron chi connectivity index (χ4n) is 2.18. The van der Waals surface area contributed by atoms with Crippen molar-refractivity contribution in [3.8, 4) is 0 Å². The van der Waals surface area contributed by atoms with Crippen molar-refractivity contribution in [2.24, 2.45) is 5.73 Å². The summed E-state index contributed by atoms with van der Waals surface area (Å²) in [6, 6.07) is 8.11. The zero-order valence-electron chi connectivity index (χ0n) is 10.1. The molecule has 0 radical (unpaired) electrons. The van der Waals surface area contributed by atoms with Crippen molar-refractivity contribution in [3.63, 3.8) is 0 Å². The molecule has 1 heterocycles. The van der Waals surface area contributed by atoms with Crippen LogP contribution in [0.25, 0.3) is 0 Å².